The quantitative estimate of drug-likeness (QED) is 0.836. The van der Waals surface area contributed by atoms with E-state index in [0.29, 0.717) is 5.56 Å². The number of alkyl halides is 1. The molecule has 0 spiro atoms. The van der Waals surface area contributed by atoms with Gasteiger partial charge in [0, 0.05) is 5.56 Å². The smallest absolute Gasteiger partial charge is 0.257 e. The summed E-state index contributed by atoms with van der Waals surface area (Å²) < 4.78 is 13.5. The highest BCUT2D eigenvalue weighted by Gasteiger charge is 2.49. The van der Waals surface area contributed by atoms with Crippen molar-refractivity contribution in [2.75, 3.05) is 0 Å². The number of rotatable bonds is 1. The highest BCUT2D eigenvalue weighted by molar-refractivity contribution is 8.01. The second-order valence-corrected chi connectivity index (χ2v) is 6.06. The highest BCUT2D eigenvalue weighted by atomic mass is 32.2. The number of thioether (sulfide) groups is 1. The molecule has 0 aromatic heterocycles. The molecule has 2 atom stereocenters. The van der Waals surface area contributed by atoms with E-state index in [0.717, 1.165) is 11.8 Å². The first-order valence-corrected chi connectivity index (χ1v) is 6.20. The van der Waals surface area contributed by atoms with Crippen molar-refractivity contribution in [1.82, 2.24) is 4.90 Å². The van der Waals surface area contributed by atoms with Gasteiger partial charge in [0.25, 0.3) is 5.91 Å². The minimum absolute atomic E-state index is 0.351. The van der Waals surface area contributed by atoms with Crippen LogP contribution in [0.2, 0.25) is 0 Å². The Morgan fingerprint density at radius 1 is 1.41 bits per heavy atom. The average Bonchev–Trinajstić information content (AvgIpc) is 2.48. The third-order valence-electron chi connectivity index (χ3n) is 2.72. The number of hydrogen-bond acceptors (Lipinski definition) is 3. The summed E-state index contributed by atoms with van der Waals surface area (Å²) in [7, 11) is 0. The number of carbonyl (C=O) groups is 1. The van der Waals surface area contributed by atoms with Crippen molar-refractivity contribution in [1.29, 1.82) is 0 Å². The molecule has 2 rings (SSSR count). The number of carbonyl (C=O) groups excluding carboxylic acids is 1. The summed E-state index contributed by atoms with van der Waals surface area (Å²) >= 11 is 0.950. The zero-order valence-electron chi connectivity index (χ0n) is 9.63. The lowest BCUT2D eigenvalue weighted by atomic mass is 10.1. The molecule has 1 aliphatic heterocycles. The van der Waals surface area contributed by atoms with Crippen molar-refractivity contribution in [2.45, 2.75) is 30.5 Å². The molecule has 0 bridgehead atoms. The van der Waals surface area contributed by atoms with Gasteiger partial charge in [-0.1, -0.05) is 30.0 Å². The molecule has 0 radical (unpaired) electrons. The van der Waals surface area contributed by atoms with Crippen molar-refractivity contribution in [2.24, 2.45) is 0 Å². The SMILES string of the molecule is CC1(C)S[C@@H](F)[C@H](O)N1C(=O)c1ccccc1. The van der Waals surface area contributed by atoms with E-state index in [9.17, 15) is 14.3 Å². The Labute approximate surface area is 104 Å². The number of aliphatic hydroxyl groups is 1. The summed E-state index contributed by atoms with van der Waals surface area (Å²) in [5, 5.41) is 9.73. The van der Waals surface area contributed by atoms with Gasteiger partial charge >= 0.3 is 0 Å². The Kier molecular flexibility index (Phi) is 3.14. The minimum Gasteiger partial charge on any atom is -0.370 e. The van der Waals surface area contributed by atoms with Gasteiger partial charge in [-0.05, 0) is 26.0 Å². The Morgan fingerprint density at radius 3 is 2.47 bits per heavy atom. The maximum Gasteiger partial charge on any atom is 0.257 e. The zero-order chi connectivity index (χ0) is 12.6. The van der Waals surface area contributed by atoms with Crippen LogP contribution in [-0.2, 0) is 0 Å². The van der Waals surface area contributed by atoms with Crippen molar-refractivity contribution in [3.8, 4) is 0 Å². The normalized spacial score (nSPS) is 27.2. The molecule has 1 heterocycles. The second kappa shape index (κ2) is 4.31. The minimum atomic E-state index is -1.46. The van der Waals surface area contributed by atoms with E-state index in [-0.39, 0.29) is 5.91 Å². The van der Waals surface area contributed by atoms with E-state index < -0.39 is 16.6 Å². The van der Waals surface area contributed by atoms with Crippen LogP contribution in [0.25, 0.3) is 0 Å². The summed E-state index contributed by atoms with van der Waals surface area (Å²) in [6, 6.07) is 8.59. The van der Waals surface area contributed by atoms with Crippen LogP contribution in [0.1, 0.15) is 24.2 Å². The van der Waals surface area contributed by atoms with Crippen LogP contribution in [0, 0.1) is 0 Å². The molecule has 0 saturated carbocycles. The summed E-state index contributed by atoms with van der Waals surface area (Å²) in [5.74, 6) is -0.351. The third-order valence-corrected chi connectivity index (χ3v) is 3.96. The maximum atomic E-state index is 13.5. The lowest BCUT2D eigenvalue weighted by molar-refractivity contribution is -0.0192. The maximum absolute atomic E-state index is 13.5. The Bertz CT molecular complexity index is 424. The van der Waals surface area contributed by atoms with Crippen LogP contribution in [-0.4, -0.2) is 32.5 Å². The largest absolute Gasteiger partial charge is 0.370 e. The van der Waals surface area contributed by atoms with E-state index in [1.165, 1.54) is 4.90 Å². The van der Waals surface area contributed by atoms with Crippen LogP contribution >= 0.6 is 11.8 Å². The van der Waals surface area contributed by atoms with Gasteiger partial charge in [0.1, 0.15) is 0 Å². The van der Waals surface area contributed by atoms with Gasteiger partial charge in [-0.25, -0.2) is 4.39 Å². The molecule has 0 unspecified atom stereocenters. The molecule has 3 nitrogen and oxygen atoms in total. The van der Waals surface area contributed by atoms with E-state index in [1.807, 2.05) is 0 Å². The van der Waals surface area contributed by atoms with E-state index >= 15 is 0 Å². The number of benzene rings is 1. The number of aliphatic hydroxyl groups excluding tert-OH is 1. The van der Waals surface area contributed by atoms with Crippen LogP contribution in [0.4, 0.5) is 4.39 Å². The van der Waals surface area contributed by atoms with Crippen molar-refractivity contribution >= 4 is 17.7 Å². The molecule has 1 amide bonds. The first-order chi connectivity index (χ1) is 7.93. The van der Waals surface area contributed by atoms with Crippen LogP contribution in [0.15, 0.2) is 30.3 Å². The van der Waals surface area contributed by atoms with Crippen LogP contribution in [0.3, 0.4) is 0 Å². The van der Waals surface area contributed by atoms with Gasteiger partial charge in [-0.3, -0.25) is 9.69 Å². The molecular formula is C12H14FNO2S. The molecule has 1 saturated heterocycles. The molecule has 1 fully saturated rings. The van der Waals surface area contributed by atoms with Gasteiger partial charge in [0.15, 0.2) is 11.7 Å². The average molecular weight is 255 g/mol. The summed E-state index contributed by atoms with van der Waals surface area (Å²) in [5.41, 5.74) is -1.01. The second-order valence-electron chi connectivity index (χ2n) is 4.37. The molecular weight excluding hydrogens is 241 g/mol. The van der Waals surface area contributed by atoms with Gasteiger partial charge in [0.05, 0.1) is 4.87 Å². The third kappa shape index (κ3) is 2.17. The predicted octanol–water partition coefficient (Wildman–Crippen LogP) is 2.23. The molecule has 1 aromatic rings. The number of halogens is 1. The Balaban J connectivity index is 2.31. The molecule has 0 aliphatic carbocycles. The topological polar surface area (TPSA) is 40.5 Å². The fourth-order valence-corrected chi connectivity index (χ4v) is 3.01. The van der Waals surface area contributed by atoms with E-state index in [2.05, 4.69) is 0 Å². The fourth-order valence-electron chi connectivity index (χ4n) is 1.91. The molecule has 92 valence electrons. The first-order valence-electron chi connectivity index (χ1n) is 5.32. The Morgan fingerprint density at radius 2 is 2.00 bits per heavy atom. The monoisotopic (exact) mass is 255 g/mol. The van der Waals surface area contributed by atoms with Crippen molar-refractivity contribution < 1.29 is 14.3 Å². The number of amides is 1. The van der Waals surface area contributed by atoms with Gasteiger partial charge < -0.3 is 5.11 Å². The van der Waals surface area contributed by atoms with Crippen molar-refractivity contribution in [3.05, 3.63) is 35.9 Å². The van der Waals surface area contributed by atoms with Gasteiger partial charge in [-0.15, -0.1) is 0 Å². The molecule has 5 heteroatoms. The lowest BCUT2D eigenvalue weighted by Crippen LogP contribution is -2.47. The zero-order valence-corrected chi connectivity index (χ0v) is 10.4. The highest BCUT2D eigenvalue weighted by Crippen LogP contribution is 2.44. The predicted molar refractivity (Wildman–Crippen MR) is 65.2 cm³/mol. The van der Waals surface area contributed by atoms with Gasteiger partial charge in [0.2, 0.25) is 0 Å². The first kappa shape index (κ1) is 12.4. The summed E-state index contributed by atoms with van der Waals surface area (Å²) in [6.45, 7) is 3.45. The molecule has 17 heavy (non-hydrogen) atoms. The molecule has 1 aliphatic rings. The van der Waals surface area contributed by atoms with E-state index in [1.54, 1.807) is 44.2 Å². The lowest BCUT2D eigenvalue weighted by Gasteiger charge is -2.32. The van der Waals surface area contributed by atoms with E-state index in [4.69, 9.17) is 0 Å². The van der Waals surface area contributed by atoms with Gasteiger partial charge in [-0.2, -0.15) is 0 Å². The summed E-state index contributed by atoms with van der Waals surface area (Å²) in [4.78, 5) is 12.7. The standard InChI is InChI=1S/C12H14FNO2S/c1-12(2)14(11(16)9(13)17-12)10(15)8-6-4-3-5-7-8/h3-7,9,11,16H,1-2H3/t9-,11+/m1/s1. The van der Waals surface area contributed by atoms with Crippen LogP contribution in [0.5, 0.6) is 0 Å². The Hall–Kier alpha value is -1.07. The van der Waals surface area contributed by atoms with Crippen molar-refractivity contribution in [3.63, 3.8) is 0 Å². The molecule has 1 aromatic carbocycles. The number of nitrogens with zero attached hydrogens (tertiary/aromatic N) is 1. The fraction of sp³-hybridized carbons (Fsp3) is 0.417. The summed E-state index contributed by atoms with van der Waals surface area (Å²) in [6.07, 6.45) is -1.39. The molecule has 1 N–H and O–H groups in total. The van der Waals surface area contributed by atoms with Crippen LogP contribution < -0.4 is 0 Å². The number of hydrogen-bond donors (Lipinski definition) is 1.